The molecule has 1 aliphatic heterocycles. The van der Waals surface area contributed by atoms with Crippen LogP contribution in [0.25, 0.3) is 11.1 Å². The lowest BCUT2D eigenvalue weighted by Gasteiger charge is -2.19. The van der Waals surface area contributed by atoms with E-state index in [9.17, 15) is 14.7 Å². The first-order chi connectivity index (χ1) is 14.0. The number of aliphatic carboxylic acids is 1. The Morgan fingerprint density at radius 3 is 2.34 bits per heavy atom. The number of fused-ring (bicyclic) bond motifs is 3. The molecule has 0 saturated heterocycles. The quantitative estimate of drug-likeness (QED) is 0.684. The molecule has 0 spiro atoms. The summed E-state index contributed by atoms with van der Waals surface area (Å²) in [6, 6.07) is 14.9. The molecule has 7 nitrogen and oxygen atoms in total. The van der Waals surface area contributed by atoms with Crippen molar-refractivity contribution in [1.29, 1.82) is 0 Å². The number of amides is 1. The second-order valence-electron chi connectivity index (χ2n) is 7.00. The molecule has 2 atom stereocenters. The maximum atomic E-state index is 12.3. The number of carbonyl (C=O) groups is 2. The average Bonchev–Trinajstić information content (AvgIpc) is 3.27. The molecule has 4 rings (SSSR count). The Hall–Kier alpha value is -2.87. The molecule has 1 aliphatic carbocycles. The first kappa shape index (κ1) is 19.4. The van der Waals surface area contributed by atoms with Crippen LogP contribution in [0.4, 0.5) is 4.79 Å². The molecule has 2 aromatic carbocycles. The molecule has 0 bridgehead atoms. The van der Waals surface area contributed by atoms with E-state index in [-0.39, 0.29) is 18.9 Å². The van der Waals surface area contributed by atoms with E-state index < -0.39 is 24.2 Å². The van der Waals surface area contributed by atoms with Gasteiger partial charge in [0.25, 0.3) is 0 Å². The number of benzene rings is 2. The van der Waals surface area contributed by atoms with Gasteiger partial charge >= 0.3 is 12.1 Å². The standard InChI is InChI=1S/C21H19BrN2O5/c22-19-10-12(29-24-19)9-18(20(25)26)23-21(27)28-11-17-15-7-3-1-5-13(15)14-6-2-4-8-16(14)17/h1-8,12,17-18H,9-11H2,(H,23,27)(H,25,26)/t12-,18+/m1/s1. The Morgan fingerprint density at radius 2 is 1.79 bits per heavy atom. The van der Waals surface area contributed by atoms with E-state index in [0.717, 1.165) is 22.3 Å². The van der Waals surface area contributed by atoms with Crippen LogP contribution >= 0.6 is 15.9 Å². The number of hydrogen-bond acceptors (Lipinski definition) is 5. The molecule has 0 radical (unpaired) electrons. The Balaban J connectivity index is 1.39. The monoisotopic (exact) mass is 458 g/mol. The zero-order valence-electron chi connectivity index (χ0n) is 15.4. The number of hydrogen-bond donors (Lipinski definition) is 2. The number of carboxylic acid groups (broad SMARTS) is 1. The number of nitrogens with one attached hydrogen (secondary N) is 1. The molecule has 1 heterocycles. The van der Waals surface area contributed by atoms with Crippen molar-refractivity contribution in [3.8, 4) is 11.1 Å². The second kappa shape index (κ2) is 8.24. The van der Waals surface area contributed by atoms with Gasteiger partial charge in [0.05, 0.1) is 0 Å². The van der Waals surface area contributed by atoms with Crippen LogP contribution in [0.3, 0.4) is 0 Å². The van der Waals surface area contributed by atoms with Gasteiger partial charge in [0.2, 0.25) is 0 Å². The third kappa shape index (κ3) is 4.12. The van der Waals surface area contributed by atoms with Crippen LogP contribution in [-0.4, -0.2) is 40.5 Å². The van der Waals surface area contributed by atoms with E-state index in [0.29, 0.717) is 11.0 Å². The fourth-order valence-electron chi connectivity index (χ4n) is 3.79. The van der Waals surface area contributed by atoms with E-state index in [4.69, 9.17) is 9.57 Å². The first-order valence-corrected chi connectivity index (χ1v) is 10.0. The van der Waals surface area contributed by atoms with E-state index >= 15 is 0 Å². The summed E-state index contributed by atoms with van der Waals surface area (Å²) in [5.41, 5.74) is 4.45. The van der Waals surface area contributed by atoms with Gasteiger partial charge in [-0.3, -0.25) is 0 Å². The number of ether oxygens (including phenoxy) is 1. The maximum Gasteiger partial charge on any atom is 0.407 e. The SMILES string of the molecule is O=C(N[C@@H](C[C@@H]1CC(Br)=NO1)C(=O)O)OCC1c2ccccc2-c2ccccc21. The minimum absolute atomic E-state index is 0.0843. The van der Waals surface area contributed by atoms with Crippen molar-refractivity contribution in [2.45, 2.75) is 30.9 Å². The summed E-state index contributed by atoms with van der Waals surface area (Å²) in [4.78, 5) is 29.0. The molecule has 29 heavy (non-hydrogen) atoms. The van der Waals surface area contributed by atoms with E-state index in [1.165, 1.54) is 0 Å². The smallest absolute Gasteiger partial charge is 0.407 e. The van der Waals surface area contributed by atoms with Gasteiger partial charge in [0, 0.05) is 18.8 Å². The van der Waals surface area contributed by atoms with Gasteiger partial charge in [-0.1, -0.05) is 53.7 Å². The third-order valence-electron chi connectivity index (χ3n) is 5.13. The van der Waals surface area contributed by atoms with Crippen LogP contribution in [0.2, 0.25) is 0 Å². The zero-order valence-corrected chi connectivity index (χ0v) is 17.0. The average molecular weight is 459 g/mol. The highest BCUT2D eigenvalue weighted by molar-refractivity contribution is 9.18. The fraction of sp³-hybridized carbons (Fsp3) is 0.286. The molecule has 0 unspecified atom stereocenters. The molecule has 1 amide bonds. The van der Waals surface area contributed by atoms with E-state index in [1.54, 1.807) is 0 Å². The summed E-state index contributed by atoms with van der Waals surface area (Å²) < 4.78 is 6.03. The number of nitrogens with zero attached hydrogens (tertiary/aromatic N) is 1. The minimum atomic E-state index is -1.15. The zero-order chi connectivity index (χ0) is 20.4. The molecule has 8 heteroatoms. The molecule has 2 aromatic rings. The van der Waals surface area contributed by atoms with Crippen LogP contribution in [0.5, 0.6) is 0 Å². The second-order valence-corrected chi connectivity index (χ2v) is 7.91. The van der Waals surface area contributed by atoms with Crippen molar-refractivity contribution in [3.05, 3.63) is 59.7 Å². The van der Waals surface area contributed by atoms with Crippen molar-refractivity contribution in [1.82, 2.24) is 5.32 Å². The Morgan fingerprint density at radius 1 is 1.17 bits per heavy atom. The summed E-state index contributed by atoms with van der Waals surface area (Å²) >= 11 is 3.21. The molecule has 0 fully saturated rings. The summed E-state index contributed by atoms with van der Waals surface area (Å²) in [6.45, 7) is 0.126. The van der Waals surface area contributed by atoms with Crippen LogP contribution < -0.4 is 5.32 Å². The van der Waals surface area contributed by atoms with Gasteiger partial charge in [-0.15, -0.1) is 0 Å². The highest BCUT2D eigenvalue weighted by Crippen LogP contribution is 2.44. The minimum Gasteiger partial charge on any atom is -0.480 e. The topological polar surface area (TPSA) is 97.2 Å². The largest absolute Gasteiger partial charge is 0.480 e. The summed E-state index contributed by atoms with van der Waals surface area (Å²) in [5.74, 6) is -1.23. The Labute approximate surface area is 175 Å². The number of rotatable bonds is 6. The first-order valence-electron chi connectivity index (χ1n) is 9.25. The van der Waals surface area contributed by atoms with Crippen molar-refractivity contribution in [2.24, 2.45) is 5.16 Å². The molecule has 2 N–H and O–H groups in total. The van der Waals surface area contributed by atoms with Gasteiger partial charge in [-0.25, -0.2) is 9.59 Å². The lowest BCUT2D eigenvalue weighted by atomic mass is 9.98. The lowest BCUT2D eigenvalue weighted by molar-refractivity contribution is -0.140. The highest BCUT2D eigenvalue weighted by atomic mass is 79.9. The van der Waals surface area contributed by atoms with Crippen LogP contribution in [0.15, 0.2) is 53.7 Å². The Kier molecular flexibility index (Phi) is 5.53. The predicted octanol–water partition coefficient (Wildman–Crippen LogP) is 3.87. The number of carboxylic acids is 1. The lowest BCUT2D eigenvalue weighted by Crippen LogP contribution is -2.43. The van der Waals surface area contributed by atoms with Crippen LogP contribution in [-0.2, 0) is 14.4 Å². The summed E-state index contributed by atoms with van der Waals surface area (Å²) in [5, 5.41) is 15.6. The Bertz CT molecular complexity index is 932. The van der Waals surface area contributed by atoms with Gasteiger partial charge < -0.3 is 20.0 Å². The summed E-state index contributed by atoms with van der Waals surface area (Å²) in [6.07, 6.45) is -0.606. The van der Waals surface area contributed by atoms with Gasteiger partial charge in [0.15, 0.2) is 0 Å². The van der Waals surface area contributed by atoms with Gasteiger partial charge in [-0.05, 0) is 38.2 Å². The molecular weight excluding hydrogens is 440 g/mol. The molecule has 2 aliphatic rings. The van der Waals surface area contributed by atoms with E-state index in [1.807, 2.05) is 36.4 Å². The molecular formula is C21H19BrN2O5. The van der Waals surface area contributed by atoms with Crippen LogP contribution in [0.1, 0.15) is 29.9 Å². The van der Waals surface area contributed by atoms with Gasteiger partial charge in [-0.2, -0.15) is 0 Å². The normalized spacial score (nSPS) is 18.2. The van der Waals surface area contributed by atoms with Gasteiger partial charge in [0.1, 0.15) is 23.4 Å². The van der Waals surface area contributed by atoms with E-state index in [2.05, 4.69) is 38.5 Å². The van der Waals surface area contributed by atoms with Crippen LogP contribution in [0, 0.1) is 0 Å². The van der Waals surface area contributed by atoms with Crippen molar-refractivity contribution >= 4 is 32.6 Å². The predicted molar refractivity (Wildman–Crippen MR) is 110 cm³/mol. The molecule has 0 saturated carbocycles. The third-order valence-corrected chi connectivity index (χ3v) is 5.60. The number of halogens is 1. The molecule has 150 valence electrons. The molecule has 0 aromatic heterocycles. The maximum absolute atomic E-state index is 12.3. The summed E-state index contributed by atoms with van der Waals surface area (Å²) in [7, 11) is 0. The fourth-order valence-corrected chi connectivity index (χ4v) is 4.23. The van der Waals surface area contributed by atoms with Crippen molar-refractivity contribution in [3.63, 3.8) is 0 Å². The number of carbonyl (C=O) groups excluding carboxylic acids is 1. The number of alkyl carbamates (subject to hydrolysis) is 1. The van der Waals surface area contributed by atoms with Crippen molar-refractivity contribution < 1.29 is 24.3 Å². The van der Waals surface area contributed by atoms with Crippen molar-refractivity contribution in [2.75, 3.05) is 6.61 Å². The highest BCUT2D eigenvalue weighted by Gasteiger charge is 2.31. The number of oxime groups is 1.